The van der Waals surface area contributed by atoms with Crippen molar-refractivity contribution in [3.8, 4) is 11.1 Å². The molecule has 0 aliphatic carbocycles. The predicted molar refractivity (Wildman–Crippen MR) is 70.3 cm³/mol. The van der Waals surface area contributed by atoms with Gasteiger partial charge in [-0.25, -0.2) is 0 Å². The van der Waals surface area contributed by atoms with Crippen molar-refractivity contribution in [3.05, 3.63) is 54.1 Å². The Bertz CT molecular complexity index is 460. The molecule has 0 aliphatic rings. The maximum absolute atomic E-state index is 6.08. The third kappa shape index (κ3) is 2.25. The molecule has 2 rings (SSSR count). The van der Waals surface area contributed by atoms with Crippen LogP contribution >= 0.6 is 0 Å². The summed E-state index contributed by atoms with van der Waals surface area (Å²) in [6.45, 7) is 2.18. The summed E-state index contributed by atoms with van der Waals surface area (Å²) >= 11 is 0. The minimum absolute atomic E-state index is 0.872. The Morgan fingerprint density at radius 1 is 1.00 bits per heavy atom. The maximum atomic E-state index is 6.08. The molecule has 0 spiro atoms. The Morgan fingerprint density at radius 3 is 2.38 bits per heavy atom. The van der Waals surface area contributed by atoms with E-state index in [9.17, 15) is 0 Å². The Hall–Kier alpha value is -1.76. The molecule has 0 fully saturated rings. The van der Waals surface area contributed by atoms with Crippen molar-refractivity contribution in [2.45, 2.75) is 19.8 Å². The maximum Gasteiger partial charge on any atom is 0.0396 e. The molecule has 0 aliphatic heterocycles. The van der Waals surface area contributed by atoms with E-state index >= 15 is 0 Å². The van der Waals surface area contributed by atoms with E-state index in [-0.39, 0.29) is 0 Å². The smallest absolute Gasteiger partial charge is 0.0396 e. The minimum Gasteiger partial charge on any atom is -0.398 e. The first-order valence-corrected chi connectivity index (χ1v) is 5.75. The van der Waals surface area contributed by atoms with E-state index < -0.39 is 0 Å². The first-order valence-electron chi connectivity index (χ1n) is 5.75. The third-order valence-corrected chi connectivity index (χ3v) is 2.74. The van der Waals surface area contributed by atoms with Gasteiger partial charge in [-0.2, -0.15) is 0 Å². The normalized spacial score (nSPS) is 10.3. The Balaban J connectivity index is 2.37. The number of hydrogen-bond donors (Lipinski definition) is 1. The number of benzene rings is 2. The lowest BCUT2D eigenvalue weighted by Crippen LogP contribution is -1.92. The van der Waals surface area contributed by atoms with E-state index in [1.807, 2.05) is 18.2 Å². The Labute approximate surface area is 96.9 Å². The quantitative estimate of drug-likeness (QED) is 0.766. The van der Waals surface area contributed by atoms with E-state index in [2.05, 4.69) is 37.3 Å². The van der Waals surface area contributed by atoms with Crippen LogP contribution in [-0.4, -0.2) is 0 Å². The molecule has 0 saturated heterocycles. The molecule has 0 bridgehead atoms. The van der Waals surface area contributed by atoms with Gasteiger partial charge in [0.1, 0.15) is 0 Å². The summed E-state index contributed by atoms with van der Waals surface area (Å²) in [6, 6.07) is 16.6. The van der Waals surface area contributed by atoms with Gasteiger partial charge in [0.2, 0.25) is 0 Å². The van der Waals surface area contributed by atoms with E-state index in [1.54, 1.807) is 0 Å². The number of hydrogen-bond acceptors (Lipinski definition) is 1. The zero-order chi connectivity index (χ0) is 11.4. The van der Waals surface area contributed by atoms with Gasteiger partial charge in [-0.3, -0.25) is 0 Å². The molecule has 1 nitrogen and oxygen atoms in total. The first-order chi connectivity index (χ1) is 7.81. The predicted octanol–water partition coefficient (Wildman–Crippen LogP) is 3.89. The fourth-order valence-corrected chi connectivity index (χ4v) is 1.94. The van der Waals surface area contributed by atoms with Crippen LogP contribution in [0.5, 0.6) is 0 Å². The van der Waals surface area contributed by atoms with Crippen LogP contribution in [0.1, 0.15) is 18.9 Å². The van der Waals surface area contributed by atoms with Gasteiger partial charge in [-0.05, 0) is 23.6 Å². The number of anilines is 1. The average molecular weight is 211 g/mol. The van der Waals surface area contributed by atoms with Gasteiger partial charge >= 0.3 is 0 Å². The number of nitrogens with two attached hydrogens (primary N) is 1. The van der Waals surface area contributed by atoms with Crippen molar-refractivity contribution in [1.82, 2.24) is 0 Å². The van der Waals surface area contributed by atoms with Gasteiger partial charge in [0.05, 0.1) is 0 Å². The fraction of sp³-hybridized carbons (Fsp3) is 0.200. The fourth-order valence-electron chi connectivity index (χ4n) is 1.94. The monoisotopic (exact) mass is 211 g/mol. The molecular weight excluding hydrogens is 194 g/mol. The molecule has 0 unspecified atom stereocenters. The van der Waals surface area contributed by atoms with Crippen LogP contribution in [0.15, 0.2) is 48.5 Å². The largest absolute Gasteiger partial charge is 0.398 e. The summed E-state index contributed by atoms with van der Waals surface area (Å²) in [5.74, 6) is 0. The zero-order valence-electron chi connectivity index (χ0n) is 9.61. The minimum atomic E-state index is 0.872. The van der Waals surface area contributed by atoms with Crippen molar-refractivity contribution in [1.29, 1.82) is 0 Å². The first kappa shape index (κ1) is 10.7. The second-order valence-corrected chi connectivity index (χ2v) is 4.04. The zero-order valence-corrected chi connectivity index (χ0v) is 9.61. The lowest BCUT2D eigenvalue weighted by atomic mass is 10.0. The molecule has 0 saturated carbocycles. The van der Waals surface area contributed by atoms with Gasteiger partial charge in [0.25, 0.3) is 0 Å². The molecule has 2 aromatic carbocycles. The van der Waals surface area contributed by atoms with Crippen molar-refractivity contribution in [3.63, 3.8) is 0 Å². The molecule has 0 atom stereocenters. The van der Waals surface area contributed by atoms with Gasteiger partial charge in [0.15, 0.2) is 0 Å². The molecule has 0 aromatic heterocycles. The van der Waals surface area contributed by atoms with Crippen LogP contribution < -0.4 is 5.73 Å². The van der Waals surface area contributed by atoms with Crippen LogP contribution in [-0.2, 0) is 6.42 Å². The topological polar surface area (TPSA) is 26.0 Å². The third-order valence-electron chi connectivity index (χ3n) is 2.74. The number of rotatable bonds is 3. The van der Waals surface area contributed by atoms with Gasteiger partial charge in [-0.1, -0.05) is 55.8 Å². The highest BCUT2D eigenvalue weighted by Crippen LogP contribution is 2.26. The molecule has 0 radical (unpaired) electrons. The lowest BCUT2D eigenvalue weighted by molar-refractivity contribution is 0.922. The van der Waals surface area contributed by atoms with Gasteiger partial charge in [0, 0.05) is 11.3 Å². The summed E-state index contributed by atoms with van der Waals surface area (Å²) in [6.07, 6.45) is 2.25. The van der Waals surface area contributed by atoms with E-state index in [1.165, 1.54) is 11.1 Å². The van der Waals surface area contributed by atoms with Gasteiger partial charge < -0.3 is 5.73 Å². The molecular formula is C15H17N. The van der Waals surface area contributed by atoms with Gasteiger partial charge in [-0.15, -0.1) is 0 Å². The summed E-state index contributed by atoms with van der Waals surface area (Å²) < 4.78 is 0. The highest BCUT2D eigenvalue weighted by molar-refractivity contribution is 5.76. The highest BCUT2D eigenvalue weighted by atomic mass is 14.6. The second kappa shape index (κ2) is 4.84. The molecule has 0 heterocycles. The van der Waals surface area contributed by atoms with Crippen LogP contribution in [0.4, 0.5) is 5.69 Å². The van der Waals surface area contributed by atoms with Crippen molar-refractivity contribution < 1.29 is 0 Å². The van der Waals surface area contributed by atoms with Crippen LogP contribution in [0.2, 0.25) is 0 Å². The molecule has 2 N–H and O–H groups in total. The molecule has 16 heavy (non-hydrogen) atoms. The SMILES string of the molecule is CCCc1ccc(-c2ccccc2)c(N)c1. The summed E-state index contributed by atoms with van der Waals surface area (Å²) in [5, 5.41) is 0. The second-order valence-electron chi connectivity index (χ2n) is 4.04. The Morgan fingerprint density at radius 2 is 1.75 bits per heavy atom. The van der Waals surface area contributed by atoms with E-state index in [0.717, 1.165) is 24.1 Å². The molecule has 82 valence electrons. The van der Waals surface area contributed by atoms with Crippen molar-refractivity contribution >= 4 is 5.69 Å². The van der Waals surface area contributed by atoms with Crippen molar-refractivity contribution in [2.24, 2.45) is 0 Å². The summed E-state index contributed by atoms with van der Waals surface area (Å²) in [5.41, 5.74) is 10.6. The van der Waals surface area contributed by atoms with Crippen LogP contribution in [0.25, 0.3) is 11.1 Å². The van der Waals surface area contributed by atoms with E-state index in [4.69, 9.17) is 5.73 Å². The Kier molecular flexibility index (Phi) is 3.25. The summed E-state index contributed by atoms with van der Waals surface area (Å²) in [4.78, 5) is 0. The van der Waals surface area contributed by atoms with Crippen LogP contribution in [0, 0.1) is 0 Å². The van der Waals surface area contributed by atoms with Crippen molar-refractivity contribution in [2.75, 3.05) is 5.73 Å². The highest BCUT2D eigenvalue weighted by Gasteiger charge is 2.02. The van der Waals surface area contributed by atoms with E-state index in [0.29, 0.717) is 0 Å². The lowest BCUT2D eigenvalue weighted by Gasteiger charge is -2.08. The number of nitrogen functional groups attached to an aromatic ring is 1. The number of aryl methyl sites for hydroxylation is 1. The molecule has 2 aromatic rings. The molecule has 1 heteroatoms. The molecule has 0 amide bonds. The standard InChI is InChI=1S/C15H17N/c1-2-6-12-9-10-14(15(16)11-12)13-7-4-3-5-8-13/h3-5,7-11H,2,6,16H2,1H3. The van der Waals surface area contributed by atoms with Crippen LogP contribution in [0.3, 0.4) is 0 Å². The average Bonchev–Trinajstić information content (AvgIpc) is 2.31. The summed E-state index contributed by atoms with van der Waals surface area (Å²) in [7, 11) is 0.